The van der Waals surface area contributed by atoms with Crippen LogP contribution in [-0.4, -0.2) is 26.4 Å². The van der Waals surface area contributed by atoms with Crippen molar-refractivity contribution < 1.29 is 4.79 Å². The number of hydrogen-bond acceptors (Lipinski definition) is 4. The van der Waals surface area contributed by atoms with Crippen molar-refractivity contribution in [2.45, 2.75) is 31.3 Å². The maximum atomic E-state index is 12.6. The van der Waals surface area contributed by atoms with Gasteiger partial charge >= 0.3 is 0 Å². The van der Waals surface area contributed by atoms with Gasteiger partial charge in [-0.1, -0.05) is 79.7 Å². The SMILES string of the molecule is CC[C@H](C)c1ccc(NC(=O)CSc2nnc(-c3ccccc3Cl)n2-c2ccccc2)cc1. The topological polar surface area (TPSA) is 59.8 Å². The summed E-state index contributed by atoms with van der Waals surface area (Å²) in [5, 5.41) is 12.9. The van der Waals surface area contributed by atoms with Crippen LogP contribution in [0.15, 0.2) is 84.0 Å². The zero-order valence-electron chi connectivity index (χ0n) is 18.5. The Morgan fingerprint density at radius 1 is 1.00 bits per heavy atom. The summed E-state index contributed by atoms with van der Waals surface area (Å²) in [6.45, 7) is 4.37. The minimum absolute atomic E-state index is 0.0989. The van der Waals surface area contributed by atoms with Crippen molar-refractivity contribution in [3.8, 4) is 17.1 Å². The van der Waals surface area contributed by atoms with E-state index in [4.69, 9.17) is 11.6 Å². The maximum Gasteiger partial charge on any atom is 0.234 e. The number of rotatable bonds is 8. The standard InChI is InChI=1S/C26H25ClN4OS/c1-3-18(2)19-13-15-20(16-14-19)28-24(32)17-33-26-30-29-25(22-11-7-8-12-23(22)27)31(26)21-9-5-4-6-10-21/h4-16,18H,3,17H2,1-2H3,(H,28,32)/t18-/m0/s1. The molecule has 4 rings (SSSR count). The molecule has 0 aliphatic rings. The van der Waals surface area contributed by atoms with Crippen LogP contribution in [-0.2, 0) is 4.79 Å². The summed E-state index contributed by atoms with van der Waals surface area (Å²) in [7, 11) is 0. The van der Waals surface area contributed by atoms with Gasteiger partial charge in [-0.3, -0.25) is 9.36 Å². The zero-order valence-corrected chi connectivity index (χ0v) is 20.1. The zero-order chi connectivity index (χ0) is 23.2. The Hall–Kier alpha value is -3.09. The van der Waals surface area contributed by atoms with E-state index in [0.29, 0.717) is 21.9 Å². The maximum absolute atomic E-state index is 12.6. The van der Waals surface area contributed by atoms with Crippen LogP contribution >= 0.6 is 23.4 Å². The largest absolute Gasteiger partial charge is 0.325 e. The Labute approximate surface area is 203 Å². The monoisotopic (exact) mass is 476 g/mol. The lowest BCUT2D eigenvalue weighted by Crippen LogP contribution is -2.14. The van der Waals surface area contributed by atoms with Crippen LogP contribution in [0.4, 0.5) is 5.69 Å². The highest BCUT2D eigenvalue weighted by atomic mass is 35.5. The van der Waals surface area contributed by atoms with Gasteiger partial charge < -0.3 is 5.32 Å². The van der Waals surface area contributed by atoms with Crippen molar-refractivity contribution in [3.05, 3.63) is 89.4 Å². The van der Waals surface area contributed by atoms with Gasteiger partial charge in [0.05, 0.1) is 10.8 Å². The number of hydrogen-bond donors (Lipinski definition) is 1. The lowest BCUT2D eigenvalue weighted by Gasteiger charge is -2.12. The van der Waals surface area contributed by atoms with Gasteiger partial charge in [-0.25, -0.2) is 0 Å². The first kappa shape index (κ1) is 23.1. The number of anilines is 1. The number of carbonyl (C=O) groups excluding carboxylic acids is 1. The number of para-hydroxylation sites is 1. The van der Waals surface area contributed by atoms with E-state index in [1.807, 2.05) is 71.3 Å². The third-order valence-electron chi connectivity index (χ3n) is 5.47. The van der Waals surface area contributed by atoms with Crippen LogP contribution in [0.3, 0.4) is 0 Å². The number of thioether (sulfide) groups is 1. The first-order valence-corrected chi connectivity index (χ1v) is 12.2. The summed E-state index contributed by atoms with van der Waals surface area (Å²) in [6, 6.07) is 25.4. The van der Waals surface area contributed by atoms with Crippen molar-refractivity contribution in [1.29, 1.82) is 0 Å². The molecule has 0 spiro atoms. The fourth-order valence-electron chi connectivity index (χ4n) is 3.45. The molecule has 3 aromatic carbocycles. The molecule has 0 fully saturated rings. The first-order valence-electron chi connectivity index (χ1n) is 10.8. The highest BCUT2D eigenvalue weighted by Gasteiger charge is 2.19. The van der Waals surface area contributed by atoms with Crippen LogP contribution in [0.5, 0.6) is 0 Å². The van der Waals surface area contributed by atoms with Crippen molar-refractivity contribution in [2.75, 3.05) is 11.1 Å². The predicted molar refractivity (Wildman–Crippen MR) is 136 cm³/mol. The fourth-order valence-corrected chi connectivity index (χ4v) is 4.42. The van der Waals surface area contributed by atoms with E-state index < -0.39 is 0 Å². The molecular formula is C26H25ClN4OS. The lowest BCUT2D eigenvalue weighted by molar-refractivity contribution is -0.113. The van der Waals surface area contributed by atoms with Crippen molar-refractivity contribution >= 4 is 35.0 Å². The van der Waals surface area contributed by atoms with E-state index in [2.05, 4.69) is 41.5 Å². The summed E-state index contributed by atoms with van der Waals surface area (Å²) in [6.07, 6.45) is 1.08. The molecule has 0 radical (unpaired) electrons. The molecule has 1 amide bonds. The molecule has 168 valence electrons. The Morgan fingerprint density at radius 2 is 1.70 bits per heavy atom. The normalized spacial score (nSPS) is 11.8. The predicted octanol–water partition coefficient (Wildman–Crippen LogP) is 6.83. The summed E-state index contributed by atoms with van der Waals surface area (Å²) in [5.41, 5.74) is 3.75. The molecule has 0 saturated heterocycles. The molecule has 1 atom stereocenters. The molecule has 0 aliphatic carbocycles. The van der Waals surface area contributed by atoms with Gasteiger partial charge in [0.15, 0.2) is 11.0 Å². The number of amides is 1. The van der Waals surface area contributed by atoms with E-state index in [9.17, 15) is 4.79 Å². The molecule has 0 aliphatic heterocycles. The van der Waals surface area contributed by atoms with E-state index >= 15 is 0 Å². The molecule has 4 aromatic rings. The summed E-state index contributed by atoms with van der Waals surface area (Å²) >= 11 is 7.77. The molecule has 0 unspecified atom stereocenters. The summed E-state index contributed by atoms with van der Waals surface area (Å²) in [5.74, 6) is 1.25. The van der Waals surface area contributed by atoms with Crippen LogP contribution in [0.2, 0.25) is 5.02 Å². The third-order valence-corrected chi connectivity index (χ3v) is 6.73. The van der Waals surface area contributed by atoms with Gasteiger partial charge in [0.2, 0.25) is 5.91 Å². The van der Waals surface area contributed by atoms with Crippen LogP contribution in [0, 0.1) is 0 Å². The number of nitrogens with zero attached hydrogens (tertiary/aromatic N) is 3. The highest BCUT2D eigenvalue weighted by Crippen LogP contribution is 2.32. The Kier molecular flexibility index (Phi) is 7.47. The van der Waals surface area contributed by atoms with Crippen molar-refractivity contribution in [1.82, 2.24) is 14.8 Å². The first-order chi connectivity index (χ1) is 16.1. The van der Waals surface area contributed by atoms with E-state index in [0.717, 1.165) is 23.4 Å². The quantitative estimate of drug-likeness (QED) is 0.283. The summed E-state index contributed by atoms with van der Waals surface area (Å²) < 4.78 is 1.93. The molecular weight excluding hydrogens is 452 g/mol. The molecule has 7 heteroatoms. The lowest BCUT2D eigenvalue weighted by atomic mass is 9.99. The second kappa shape index (κ2) is 10.7. The number of benzene rings is 3. The highest BCUT2D eigenvalue weighted by molar-refractivity contribution is 7.99. The average molecular weight is 477 g/mol. The molecule has 1 aromatic heterocycles. The van der Waals surface area contributed by atoms with Crippen molar-refractivity contribution in [2.24, 2.45) is 0 Å². The van der Waals surface area contributed by atoms with Gasteiger partial charge in [-0.05, 0) is 54.3 Å². The molecule has 0 saturated carbocycles. The van der Waals surface area contributed by atoms with Gasteiger partial charge in [0.1, 0.15) is 0 Å². The van der Waals surface area contributed by atoms with E-state index in [1.165, 1.54) is 17.3 Å². The van der Waals surface area contributed by atoms with Gasteiger partial charge in [0.25, 0.3) is 0 Å². The number of aromatic nitrogens is 3. The Bertz CT molecular complexity index is 1220. The van der Waals surface area contributed by atoms with Gasteiger partial charge in [-0.2, -0.15) is 0 Å². The van der Waals surface area contributed by atoms with Crippen LogP contribution in [0.1, 0.15) is 31.7 Å². The number of carbonyl (C=O) groups is 1. The molecule has 1 N–H and O–H groups in total. The Balaban J connectivity index is 1.52. The minimum Gasteiger partial charge on any atom is -0.325 e. The minimum atomic E-state index is -0.0989. The molecule has 0 bridgehead atoms. The second-order valence-corrected chi connectivity index (χ2v) is 9.07. The number of nitrogens with one attached hydrogen (secondary N) is 1. The second-order valence-electron chi connectivity index (χ2n) is 7.73. The third kappa shape index (κ3) is 5.46. The Morgan fingerprint density at radius 3 is 2.39 bits per heavy atom. The molecule has 33 heavy (non-hydrogen) atoms. The van der Waals surface area contributed by atoms with Crippen LogP contribution in [0.25, 0.3) is 17.1 Å². The van der Waals surface area contributed by atoms with Gasteiger partial charge in [0, 0.05) is 16.9 Å². The molecule has 1 heterocycles. The smallest absolute Gasteiger partial charge is 0.234 e. The fraction of sp³-hybridized carbons (Fsp3) is 0.192. The average Bonchev–Trinajstić information content (AvgIpc) is 3.27. The van der Waals surface area contributed by atoms with Crippen molar-refractivity contribution in [3.63, 3.8) is 0 Å². The van der Waals surface area contributed by atoms with Crippen LogP contribution < -0.4 is 5.32 Å². The van der Waals surface area contributed by atoms with Gasteiger partial charge in [-0.15, -0.1) is 10.2 Å². The van der Waals surface area contributed by atoms with E-state index in [-0.39, 0.29) is 11.7 Å². The summed E-state index contributed by atoms with van der Waals surface area (Å²) in [4.78, 5) is 12.6. The van der Waals surface area contributed by atoms with E-state index in [1.54, 1.807) is 0 Å². The number of halogens is 1. The molecule has 5 nitrogen and oxygen atoms in total.